The Labute approximate surface area is 170 Å². The van der Waals surface area contributed by atoms with Gasteiger partial charge in [-0.25, -0.2) is 0 Å². The Morgan fingerprint density at radius 1 is 1.00 bits per heavy atom. The van der Waals surface area contributed by atoms with Crippen molar-refractivity contribution in [1.29, 1.82) is 0 Å². The number of hydrogen-bond acceptors (Lipinski definition) is 3. The van der Waals surface area contributed by atoms with E-state index in [1.165, 1.54) is 32.9 Å². The third-order valence-electron chi connectivity index (χ3n) is 5.80. The molecule has 3 aromatic rings. The summed E-state index contributed by atoms with van der Waals surface area (Å²) in [5, 5.41) is 0.373. The Bertz CT molecular complexity index is 1050. The molecule has 0 amide bonds. The van der Waals surface area contributed by atoms with Crippen LogP contribution in [0.3, 0.4) is 0 Å². The maximum atomic E-state index is 5.45. The van der Waals surface area contributed by atoms with Gasteiger partial charge in [0.2, 0.25) is 0 Å². The van der Waals surface area contributed by atoms with Crippen LogP contribution < -0.4 is 4.74 Å². The maximum Gasteiger partial charge on any atom is 0.119 e. The van der Waals surface area contributed by atoms with Gasteiger partial charge in [-0.2, -0.15) is 0 Å². The van der Waals surface area contributed by atoms with E-state index in [9.17, 15) is 0 Å². The van der Waals surface area contributed by atoms with Crippen molar-refractivity contribution in [3.8, 4) is 5.75 Å². The Kier molecular flexibility index (Phi) is 4.48. The van der Waals surface area contributed by atoms with Crippen LogP contribution in [0, 0.1) is 12.8 Å². The van der Waals surface area contributed by atoms with Gasteiger partial charge >= 0.3 is 0 Å². The second-order valence-corrected chi connectivity index (χ2v) is 8.77. The molecule has 0 saturated carbocycles. The molecule has 2 atom stereocenters. The number of ether oxygens (including phenoxy) is 1. The highest BCUT2D eigenvalue weighted by molar-refractivity contribution is 7.99. The molecule has 0 fully saturated rings. The van der Waals surface area contributed by atoms with E-state index >= 15 is 0 Å². The van der Waals surface area contributed by atoms with Crippen LogP contribution in [0.5, 0.6) is 5.75 Å². The summed E-state index contributed by atoms with van der Waals surface area (Å²) in [6.07, 6.45) is 2.17. The molecule has 0 spiro atoms. The van der Waals surface area contributed by atoms with Crippen molar-refractivity contribution in [2.75, 3.05) is 7.11 Å². The summed E-state index contributed by atoms with van der Waals surface area (Å²) in [6, 6.07) is 24.0. The minimum absolute atomic E-state index is 0.373. The van der Waals surface area contributed by atoms with E-state index in [-0.39, 0.29) is 0 Å². The second-order valence-electron chi connectivity index (χ2n) is 7.58. The molecule has 0 aromatic heterocycles. The average Bonchev–Trinajstić information content (AvgIpc) is 2.90. The molecule has 2 aliphatic rings. The van der Waals surface area contributed by atoms with Gasteiger partial charge in [-0.15, -0.1) is 11.8 Å². The molecule has 1 aliphatic carbocycles. The standard InChI is InChI=1S/C25H23NOS/c1-16-7-9-17(10-8-16)25-21-13-11-18-15-19(27-2)12-14-20(18)24(21)26-22-5-3-4-6-23(22)28-25/h3-10,12,14-15,21,25H,11,13H2,1-2H3. The van der Waals surface area contributed by atoms with E-state index in [0.29, 0.717) is 11.2 Å². The van der Waals surface area contributed by atoms with Gasteiger partial charge in [-0.3, -0.25) is 4.99 Å². The predicted molar refractivity (Wildman–Crippen MR) is 117 cm³/mol. The normalized spacial score (nSPS) is 20.3. The number of aryl methyl sites for hydroxylation is 2. The first-order valence-electron chi connectivity index (χ1n) is 9.81. The molecule has 0 radical (unpaired) electrons. The lowest BCUT2D eigenvalue weighted by Gasteiger charge is -2.31. The van der Waals surface area contributed by atoms with Gasteiger partial charge in [0.15, 0.2) is 0 Å². The van der Waals surface area contributed by atoms with Crippen molar-refractivity contribution in [2.24, 2.45) is 10.9 Å². The number of methoxy groups -OCH3 is 1. The Morgan fingerprint density at radius 3 is 2.64 bits per heavy atom. The highest BCUT2D eigenvalue weighted by Gasteiger charge is 2.36. The molecule has 1 heterocycles. The fourth-order valence-corrected chi connectivity index (χ4v) is 5.68. The zero-order valence-electron chi connectivity index (χ0n) is 16.2. The van der Waals surface area contributed by atoms with Crippen LogP contribution in [0.1, 0.15) is 33.9 Å². The van der Waals surface area contributed by atoms with Gasteiger partial charge in [0, 0.05) is 16.1 Å². The zero-order chi connectivity index (χ0) is 19.1. The summed E-state index contributed by atoms with van der Waals surface area (Å²) in [5.74, 6) is 1.33. The topological polar surface area (TPSA) is 21.6 Å². The average molecular weight is 386 g/mol. The number of benzene rings is 3. The summed E-state index contributed by atoms with van der Waals surface area (Å²) < 4.78 is 5.45. The first kappa shape index (κ1) is 17.6. The van der Waals surface area contributed by atoms with Crippen LogP contribution in [-0.2, 0) is 6.42 Å². The molecule has 5 rings (SSSR count). The summed E-state index contributed by atoms with van der Waals surface area (Å²) in [7, 11) is 1.73. The number of rotatable bonds is 2. The summed E-state index contributed by atoms with van der Waals surface area (Å²) in [6.45, 7) is 2.15. The fraction of sp³-hybridized carbons (Fsp3) is 0.240. The molecular weight excluding hydrogens is 362 g/mol. The van der Waals surface area contributed by atoms with Crippen LogP contribution >= 0.6 is 11.8 Å². The Balaban J connectivity index is 1.67. The molecule has 28 heavy (non-hydrogen) atoms. The van der Waals surface area contributed by atoms with Crippen molar-refractivity contribution >= 4 is 23.2 Å². The number of thioether (sulfide) groups is 1. The molecule has 1 aliphatic heterocycles. The SMILES string of the molecule is COc1ccc2c(c1)CCC1C2=Nc2ccccc2SC1c1ccc(C)cc1. The molecule has 0 saturated heterocycles. The number of fused-ring (bicyclic) bond motifs is 4. The molecule has 2 unspecified atom stereocenters. The first-order valence-corrected chi connectivity index (χ1v) is 10.7. The van der Waals surface area contributed by atoms with Crippen LogP contribution in [0.25, 0.3) is 0 Å². The first-order chi connectivity index (χ1) is 13.7. The van der Waals surface area contributed by atoms with Crippen LogP contribution in [-0.4, -0.2) is 12.8 Å². The van der Waals surface area contributed by atoms with E-state index in [2.05, 4.69) is 73.7 Å². The van der Waals surface area contributed by atoms with Gasteiger partial charge in [-0.05, 0) is 66.8 Å². The van der Waals surface area contributed by atoms with Crippen LogP contribution in [0.4, 0.5) is 5.69 Å². The maximum absolute atomic E-state index is 5.45. The predicted octanol–water partition coefficient (Wildman–Crippen LogP) is 6.53. The third kappa shape index (κ3) is 3.04. The monoisotopic (exact) mass is 385 g/mol. The number of para-hydroxylation sites is 1. The molecule has 140 valence electrons. The molecule has 3 aromatic carbocycles. The largest absolute Gasteiger partial charge is 0.497 e. The van der Waals surface area contributed by atoms with Gasteiger partial charge < -0.3 is 4.74 Å². The van der Waals surface area contributed by atoms with E-state index < -0.39 is 0 Å². The van der Waals surface area contributed by atoms with E-state index in [1.54, 1.807) is 7.11 Å². The van der Waals surface area contributed by atoms with Crippen LogP contribution in [0.15, 0.2) is 76.6 Å². The lowest BCUT2D eigenvalue weighted by Crippen LogP contribution is -2.27. The van der Waals surface area contributed by atoms with Gasteiger partial charge in [0.05, 0.1) is 18.5 Å². The molecule has 0 bridgehead atoms. The van der Waals surface area contributed by atoms with Crippen LogP contribution in [0.2, 0.25) is 0 Å². The van der Waals surface area contributed by atoms with Crippen molar-refractivity contribution in [3.05, 3.63) is 89.0 Å². The van der Waals surface area contributed by atoms with E-state index in [1.807, 2.05) is 11.8 Å². The Hall–Kier alpha value is -2.52. The van der Waals surface area contributed by atoms with E-state index in [4.69, 9.17) is 9.73 Å². The molecule has 2 nitrogen and oxygen atoms in total. The Morgan fingerprint density at radius 2 is 1.82 bits per heavy atom. The lowest BCUT2D eigenvalue weighted by molar-refractivity contribution is 0.414. The van der Waals surface area contributed by atoms with Gasteiger partial charge in [-0.1, -0.05) is 42.0 Å². The minimum atomic E-state index is 0.373. The number of nitrogens with zero attached hydrogens (tertiary/aromatic N) is 1. The van der Waals surface area contributed by atoms with Crippen molar-refractivity contribution in [2.45, 2.75) is 29.9 Å². The van der Waals surface area contributed by atoms with Gasteiger partial charge in [0.25, 0.3) is 0 Å². The lowest BCUT2D eigenvalue weighted by atomic mass is 9.78. The quantitative estimate of drug-likeness (QED) is 0.500. The molecule has 3 heteroatoms. The highest BCUT2D eigenvalue weighted by atomic mass is 32.2. The minimum Gasteiger partial charge on any atom is -0.497 e. The zero-order valence-corrected chi connectivity index (χ0v) is 17.0. The fourth-order valence-electron chi connectivity index (χ4n) is 4.29. The third-order valence-corrected chi connectivity index (χ3v) is 7.25. The number of hydrogen-bond donors (Lipinski definition) is 0. The van der Waals surface area contributed by atoms with Crippen molar-refractivity contribution in [3.63, 3.8) is 0 Å². The summed E-state index contributed by atoms with van der Waals surface area (Å²) in [5.41, 5.74) is 7.64. The number of aliphatic imine (C=N–C) groups is 1. The smallest absolute Gasteiger partial charge is 0.119 e. The van der Waals surface area contributed by atoms with Crippen molar-refractivity contribution in [1.82, 2.24) is 0 Å². The summed E-state index contributed by atoms with van der Waals surface area (Å²) in [4.78, 5) is 6.47. The van der Waals surface area contributed by atoms with Gasteiger partial charge in [0.1, 0.15) is 5.75 Å². The second kappa shape index (κ2) is 7.14. The highest BCUT2D eigenvalue weighted by Crippen LogP contribution is 2.51. The summed E-state index contributed by atoms with van der Waals surface area (Å²) >= 11 is 1.97. The van der Waals surface area contributed by atoms with Crippen molar-refractivity contribution < 1.29 is 4.74 Å². The van der Waals surface area contributed by atoms with E-state index in [0.717, 1.165) is 24.3 Å². The molecule has 0 N–H and O–H groups in total. The molecular formula is C25H23NOS.